The lowest BCUT2D eigenvalue weighted by molar-refractivity contribution is -0.134. The number of carbonyl (C=O) groups excluding carboxylic acids is 1. The number of nitrogens with one attached hydrogen (secondary N) is 1. The summed E-state index contributed by atoms with van der Waals surface area (Å²) >= 11 is 0. The third-order valence-electron chi connectivity index (χ3n) is 4.09. The summed E-state index contributed by atoms with van der Waals surface area (Å²) < 4.78 is 28.3. The van der Waals surface area contributed by atoms with Gasteiger partial charge in [0.15, 0.2) is 9.84 Å². The highest BCUT2D eigenvalue weighted by atomic mass is 32.2. The number of sulfone groups is 1. The fraction of sp³-hybridized carbons (Fsp3) is 0.923. The van der Waals surface area contributed by atoms with Gasteiger partial charge in [0.05, 0.1) is 18.1 Å². The van der Waals surface area contributed by atoms with Crippen LogP contribution in [-0.4, -0.2) is 69.6 Å². The van der Waals surface area contributed by atoms with E-state index < -0.39 is 9.84 Å². The number of rotatable bonds is 6. The molecule has 1 amide bonds. The fourth-order valence-corrected chi connectivity index (χ4v) is 4.71. The van der Waals surface area contributed by atoms with E-state index in [0.29, 0.717) is 26.0 Å². The first-order valence-corrected chi connectivity index (χ1v) is 9.06. The predicted molar refractivity (Wildman–Crippen MR) is 76.3 cm³/mol. The minimum absolute atomic E-state index is 0.0450. The molecule has 116 valence electrons. The molecular weight excluding hydrogens is 280 g/mol. The van der Waals surface area contributed by atoms with Crippen LogP contribution in [0.15, 0.2) is 0 Å². The molecular formula is C13H24N2O4S. The molecule has 2 saturated heterocycles. The molecule has 2 fully saturated rings. The average Bonchev–Trinajstić information content (AvgIpc) is 3.00. The van der Waals surface area contributed by atoms with E-state index in [1.807, 2.05) is 0 Å². The van der Waals surface area contributed by atoms with Crippen molar-refractivity contribution in [3.8, 4) is 0 Å². The van der Waals surface area contributed by atoms with E-state index >= 15 is 0 Å². The fourth-order valence-electron chi connectivity index (χ4n) is 2.98. The summed E-state index contributed by atoms with van der Waals surface area (Å²) in [5.74, 6) is 0.333. The van der Waals surface area contributed by atoms with E-state index in [1.54, 1.807) is 12.0 Å². The first-order chi connectivity index (χ1) is 9.52. The van der Waals surface area contributed by atoms with Crippen molar-refractivity contribution in [1.29, 1.82) is 0 Å². The van der Waals surface area contributed by atoms with Crippen LogP contribution in [0.4, 0.5) is 0 Å². The van der Waals surface area contributed by atoms with Crippen LogP contribution in [0, 0.1) is 0 Å². The molecule has 2 heterocycles. The number of amides is 1. The van der Waals surface area contributed by atoms with Crippen LogP contribution in [0.25, 0.3) is 0 Å². The Labute approximate surface area is 120 Å². The number of carbonyl (C=O) groups is 1. The van der Waals surface area contributed by atoms with Crippen molar-refractivity contribution in [3.05, 3.63) is 0 Å². The lowest BCUT2D eigenvalue weighted by atomic mass is 10.1. The van der Waals surface area contributed by atoms with E-state index in [1.165, 1.54) is 0 Å². The number of methoxy groups -OCH3 is 1. The quantitative estimate of drug-likeness (QED) is 0.735. The molecule has 0 aromatic carbocycles. The second-order valence-electron chi connectivity index (χ2n) is 5.63. The molecule has 0 spiro atoms. The minimum atomic E-state index is -2.98. The van der Waals surface area contributed by atoms with Crippen molar-refractivity contribution >= 4 is 15.7 Å². The predicted octanol–water partition coefficient (Wildman–Crippen LogP) is -0.209. The molecule has 0 radical (unpaired) electrons. The van der Waals surface area contributed by atoms with Crippen molar-refractivity contribution in [3.63, 3.8) is 0 Å². The smallest absolute Gasteiger partial charge is 0.224 e. The van der Waals surface area contributed by atoms with Gasteiger partial charge in [-0.15, -0.1) is 0 Å². The molecule has 0 aromatic heterocycles. The van der Waals surface area contributed by atoms with Crippen molar-refractivity contribution < 1.29 is 17.9 Å². The summed E-state index contributed by atoms with van der Waals surface area (Å²) in [4.78, 5) is 14.2. The monoisotopic (exact) mass is 304 g/mol. The zero-order valence-electron chi connectivity index (χ0n) is 12.0. The maximum atomic E-state index is 12.4. The molecule has 2 atom stereocenters. The second kappa shape index (κ2) is 6.87. The molecule has 2 rings (SSSR count). The number of hydrogen-bond donors (Lipinski definition) is 1. The molecule has 20 heavy (non-hydrogen) atoms. The highest BCUT2D eigenvalue weighted by Gasteiger charge is 2.35. The van der Waals surface area contributed by atoms with Crippen LogP contribution in [0.5, 0.6) is 0 Å². The second-order valence-corrected chi connectivity index (χ2v) is 7.86. The summed E-state index contributed by atoms with van der Waals surface area (Å²) in [6.07, 6.45) is 3.14. The Morgan fingerprint density at radius 1 is 1.40 bits per heavy atom. The van der Waals surface area contributed by atoms with Crippen molar-refractivity contribution in [2.75, 3.05) is 38.3 Å². The Hall–Kier alpha value is -0.660. The van der Waals surface area contributed by atoms with Crippen LogP contribution < -0.4 is 5.32 Å². The molecule has 7 heteroatoms. The van der Waals surface area contributed by atoms with Crippen LogP contribution in [0.3, 0.4) is 0 Å². The topological polar surface area (TPSA) is 75.7 Å². The first-order valence-electron chi connectivity index (χ1n) is 7.24. The maximum absolute atomic E-state index is 12.4. The van der Waals surface area contributed by atoms with Gasteiger partial charge in [-0.05, 0) is 25.8 Å². The summed E-state index contributed by atoms with van der Waals surface area (Å²) in [5.41, 5.74) is 0. The Bertz CT molecular complexity index is 432. The number of nitrogens with zero attached hydrogens (tertiary/aromatic N) is 1. The summed E-state index contributed by atoms with van der Waals surface area (Å²) in [6.45, 7) is 1.89. The Morgan fingerprint density at radius 3 is 2.75 bits per heavy atom. The van der Waals surface area contributed by atoms with Crippen molar-refractivity contribution in [2.24, 2.45) is 0 Å². The van der Waals surface area contributed by atoms with Gasteiger partial charge in [-0.25, -0.2) is 8.42 Å². The molecule has 2 unspecified atom stereocenters. The van der Waals surface area contributed by atoms with Crippen LogP contribution in [0.1, 0.15) is 25.7 Å². The van der Waals surface area contributed by atoms with Gasteiger partial charge >= 0.3 is 0 Å². The minimum Gasteiger partial charge on any atom is -0.383 e. The summed E-state index contributed by atoms with van der Waals surface area (Å²) in [7, 11) is -1.39. The van der Waals surface area contributed by atoms with Gasteiger partial charge in [0.2, 0.25) is 5.91 Å². The molecule has 0 aliphatic carbocycles. The van der Waals surface area contributed by atoms with Crippen LogP contribution in [0.2, 0.25) is 0 Å². The normalized spacial score (nSPS) is 28.6. The van der Waals surface area contributed by atoms with Gasteiger partial charge in [0, 0.05) is 32.2 Å². The molecule has 0 saturated carbocycles. The number of ether oxygens (including phenoxy) is 1. The van der Waals surface area contributed by atoms with Crippen LogP contribution in [-0.2, 0) is 19.4 Å². The lowest BCUT2D eigenvalue weighted by Crippen LogP contribution is -2.45. The van der Waals surface area contributed by atoms with E-state index in [0.717, 1.165) is 19.4 Å². The van der Waals surface area contributed by atoms with Crippen molar-refractivity contribution in [1.82, 2.24) is 10.2 Å². The largest absolute Gasteiger partial charge is 0.383 e. The molecule has 2 aliphatic rings. The highest BCUT2D eigenvalue weighted by molar-refractivity contribution is 7.91. The summed E-state index contributed by atoms with van der Waals surface area (Å²) in [5, 5.41) is 3.31. The molecule has 1 N–H and O–H groups in total. The van der Waals surface area contributed by atoms with Gasteiger partial charge in [-0.1, -0.05) is 0 Å². The van der Waals surface area contributed by atoms with Gasteiger partial charge < -0.3 is 15.0 Å². The third kappa shape index (κ3) is 4.17. The zero-order valence-corrected chi connectivity index (χ0v) is 12.8. The van der Waals surface area contributed by atoms with E-state index in [2.05, 4.69) is 5.32 Å². The van der Waals surface area contributed by atoms with E-state index in [4.69, 9.17) is 4.74 Å². The highest BCUT2D eigenvalue weighted by Crippen LogP contribution is 2.20. The molecule has 0 aromatic rings. The maximum Gasteiger partial charge on any atom is 0.224 e. The lowest BCUT2D eigenvalue weighted by Gasteiger charge is -2.29. The first kappa shape index (κ1) is 15.7. The van der Waals surface area contributed by atoms with Gasteiger partial charge in [0.25, 0.3) is 0 Å². The SMILES string of the molecule is COCCN(C(=O)CC1CCCN1)C1CCS(=O)(=O)C1. The molecule has 2 aliphatic heterocycles. The standard InChI is InChI=1S/C13H24N2O4S/c1-19-7-6-15(12-4-8-20(17,18)10-12)13(16)9-11-3-2-5-14-11/h11-12,14H,2-10H2,1H3. The van der Waals surface area contributed by atoms with Gasteiger partial charge in [-0.2, -0.15) is 0 Å². The van der Waals surface area contributed by atoms with Gasteiger partial charge in [-0.3, -0.25) is 4.79 Å². The average molecular weight is 304 g/mol. The van der Waals surface area contributed by atoms with E-state index in [9.17, 15) is 13.2 Å². The Balaban J connectivity index is 1.96. The van der Waals surface area contributed by atoms with Crippen molar-refractivity contribution in [2.45, 2.75) is 37.8 Å². The molecule has 0 bridgehead atoms. The summed E-state index contributed by atoms with van der Waals surface area (Å²) in [6, 6.07) is 0.0645. The van der Waals surface area contributed by atoms with E-state index in [-0.39, 0.29) is 29.5 Å². The Kier molecular flexibility index (Phi) is 5.40. The van der Waals surface area contributed by atoms with Gasteiger partial charge in [0.1, 0.15) is 0 Å². The Morgan fingerprint density at radius 2 is 2.20 bits per heavy atom. The number of hydrogen-bond acceptors (Lipinski definition) is 5. The molecule has 6 nitrogen and oxygen atoms in total. The zero-order chi connectivity index (χ0) is 14.6. The third-order valence-corrected chi connectivity index (χ3v) is 5.84. The van der Waals surface area contributed by atoms with Crippen LogP contribution >= 0.6 is 0 Å².